The van der Waals surface area contributed by atoms with Crippen molar-refractivity contribution in [2.75, 3.05) is 32.1 Å². The number of hydrogen-bond donors (Lipinski definition) is 2. The van der Waals surface area contributed by atoms with E-state index in [1.54, 1.807) is 0 Å². The van der Waals surface area contributed by atoms with Crippen molar-refractivity contribution in [3.8, 4) is 0 Å². The Morgan fingerprint density at radius 2 is 2.14 bits per heavy atom. The number of likely N-dealkylation sites (tertiary alicyclic amines) is 1. The van der Waals surface area contributed by atoms with E-state index in [1.165, 1.54) is 5.56 Å². The molecule has 0 saturated carbocycles. The molecule has 1 aliphatic heterocycles. The molecule has 2 N–H and O–H groups in total. The molecule has 4 nitrogen and oxygen atoms in total. The van der Waals surface area contributed by atoms with E-state index < -0.39 is 0 Å². The molecule has 2 unspecified atom stereocenters. The van der Waals surface area contributed by atoms with Crippen molar-refractivity contribution in [2.24, 2.45) is 4.99 Å². The van der Waals surface area contributed by atoms with E-state index >= 15 is 0 Å². The number of thioether (sulfide) groups is 1. The first-order valence-corrected chi connectivity index (χ1v) is 9.36. The Morgan fingerprint density at radius 1 is 1.36 bits per heavy atom. The molecule has 0 spiro atoms. The van der Waals surface area contributed by atoms with Gasteiger partial charge in [0.2, 0.25) is 0 Å². The summed E-state index contributed by atoms with van der Waals surface area (Å²) in [4.78, 5) is 6.87. The topological polar surface area (TPSA) is 39.7 Å². The fraction of sp³-hybridized carbons (Fsp3) is 0.588. The molecule has 1 aromatic carbocycles. The van der Waals surface area contributed by atoms with Gasteiger partial charge in [0.25, 0.3) is 0 Å². The number of nitrogens with one attached hydrogen (secondary N) is 2. The van der Waals surface area contributed by atoms with Crippen LogP contribution in [0, 0.1) is 0 Å². The van der Waals surface area contributed by atoms with Crippen LogP contribution in [0.3, 0.4) is 0 Å². The van der Waals surface area contributed by atoms with E-state index in [4.69, 9.17) is 0 Å². The van der Waals surface area contributed by atoms with Crippen molar-refractivity contribution >= 4 is 17.7 Å². The molecule has 22 heavy (non-hydrogen) atoms. The van der Waals surface area contributed by atoms with E-state index in [-0.39, 0.29) is 0 Å². The van der Waals surface area contributed by atoms with E-state index in [0.29, 0.717) is 12.1 Å². The molecule has 1 aliphatic rings. The number of rotatable bonds is 6. The van der Waals surface area contributed by atoms with E-state index in [0.717, 1.165) is 37.8 Å². The Labute approximate surface area is 138 Å². The molecule has 1 fully saturated rings. The van der Waals surface area contributed by atoms with Gasteiger partial charge < -0.3 is 10.6 Å². The zero-order chi connectivity index (χ0) is 15.8. The van der Waals surface area contributed by atoms with Gasteiger partial charge in [-0.3, -0.25) is 9.89 Å². The van der Waals surface area contributed by atoms with Gasteiger partial charge in [0.15, 0.2) is 5.96 Å². The lowest BCUT2D eigenvalue weighted by Crippen LogP contribution is -2.45. The lowest BCUT2D eigenvalue weighted by atomic mass is 10.2. The Balaban J connectivity index is 1.82. The van der Waals surface area contributed by atoms with Gasteiger partial charge in [0.1, 0.15) is 0 Å². The lowest BCUT2D eigenvalue weighted by molar-refractivity contribution is 0.258. The molecular formula is C17H28N4S. The zero-order valence-corrected chi connectivity index (χ0v) is 14.7. The standard InChI is InChI=1S/C17H28N4S/c1-14-11-16(20-17(18-2)19-9-10-22-3)13-21(14)12-15-7-5-4-6-8-15/h4-8,14,16H,9-13H2,1-3H3,(H2,18,19,20). The summed E-state index contributed by atoms with van der Waals surface area (Å²) in [6, 6.07) is 11.8. The minimum atomic E-state index is 0.471. The molecule has 2 atom stereocenters. The molecule has 122 valence electrons. The summed E-state index contributed by atoms with van der Waals surface area (Å²) in [5.41, 5.74) is 1.39. The summed E-state index contributed by atoms with van der Waals surface area (Å²) < 4.78 is 0. The fourth-order valence-corrected chi connectivity index (χ4v) is 3.21. The van der Waals surface area contributed by atoms with Crippen LogP contribution in [0.15, 0.2) is 35.3 Å². The molecule has 0 bridgehead atoms. The molecule has 5 heteroatoms. The predicted molar refractivity (Wildman–Crippen MR) is 97.6 cm³/mol. The zero-order valence-electron chi connectivity index (χ0n) is 13.9. The predicted octanol–water partition coefficient (Wildman–Crippen LogP) is 2.18. The SMILES string of the molecule is CN=C(NCCSC)NC1CC(C)N(Cc2ccccc2)C1. The van der Waals surface area contributed by atoms with Crippen molar-refractivity contribution in [2.45, 2.75) is 32.0 Å². The average Bonchev–Trinajstić information content (AvgIpc) is 2.87. The molecule has 0 aliphatic carbocycles. The Hall–Kier alpha value is -1.20. The lowest BCUT2D eigenvalue weighted by Gasteiger charge is -2.21. The van der Waals surface area contributed by atoms with Gasteiger partial charge >= 0.3 is 0 Å². The molecule has 0 radical (unpaired) electrons. The average molecular weight is 321 g/mol. The minimum Gasteiger partial charge on any atom is -0.356 e. The van der Waals surface area contributed by atoms with E-state index in [9.17, 15) is 0 Å². The van der Waals surface area contributed by atoms with Gasteiger partial charge in [-0.25, -0.2) is 0 Å². The van der Waals surface area contributed by atoms with Crippen molar-refractivity contribution in [3.63, 3.8) is 0 Å². The maximum absolute atomic E-state index is 4.32. The van der Waals surface area contributed by atoms with Crippen molar-refractivity contribution < 1.29 is 0 Å². The number of hydrogen-bond acceptors (Lipinski definition) is 3. The molecule has 2 rings (SSSR count). The summed E-state index contributed by atoms with van der Waals surface area (Å²) in [5, 5.41) is 6.93. The highest BCUT2D eigenvalue weighted by molar-refractivity contribution is 7.98. The monoisotopic (exact) mass is 320 g/mol. The molecule has 1 heterocycles. The highest BCUT2D eigenvalue weighted by Crippen LogP contribution is 2.20. The van der Waals surface area contributed by atoms with Gasteiger partial charge in [-0.05, 0) is 25.2 Å². The molecular weight excluding hydrogens is 292 g/mol. The van der Waals surface area contributed by atoms with Gasteiger partial charge in [0.05, 0.1) is 0 Å². The van der Waals surface area contributed by atoms with E-state index in [1.807, 2.05) is 18.8 Å². The first-order chi connectivity index (χ1) is 10.7. The minimum absolute atomic E-state index is 0.471. The van der Waals surface area contributed by atoms with Crippen LogP contribution in [0.1, 0.15) is 18.9 Å². The Kier molecular flexibility index (Phi) is 7.06. The largest absolute Gasteiger partial charge is 0.356 e. The van der Waals surface area contributed by atoms with Crippen LogP contribution in [-0.2, 0) is 6.54 Å². The van der Waals surface area contributed by atoms with E-state index in [2.05, 4.69) is 64.0 Å². The van der Waals surface area contributed by atoms with Crippen LogP contribution < -0.4 is 10.6 Å². The van der Waals surface area contributed by atoms with Crippen molar-refractivity contribution in [3.05, 3.63) is 35.9 Å². The number of benzene rings is 1. The third-order valence-corrected chi connectivity index (χ3v) is 4.71. The second-order valence-corrected chi connectivity index (χ2v) is 6.82. The number of guanidine groups is 1. The second-order valence-electron chi connectivity index (χ2n) is 5.83. The van der Waals surface area contributed by atoms with Crippen LogP contribution in [-0.4, -0.2) is 55.1 Å². The molecule has 1 saturated heterocycles. The summed E-state index contributed by atoms with van der Waals surface area (Å²) in [6.07, 6.45) is 3.29. The van der Waals surface area contributed by atoms with Gasteiger partial charge in [-0.2, -0.15) is 11.8 Å². The summed E-state index contributed by atoms with van der Waals surface area (Å²) in [5.74, 6) is 2.02. The molecule has 0 aromatic heterocycles. The van der Waals surface area contributed by atoms with Crippen LogP contribution in [0.25, 0.3) is 0 Å². The van der Waals surface area contributed by atoms with Gasteiger partial charge in [-0.1, -0.05) is 30.3 Å². The van der Waals surface area contributed by atoms with Gasteiger partial charge in [-0.15, -0.1) is 0 Å². The van der Waals surface area contributed by atoms with Crippen LogP contribution in [0.2, 0.25) is 0 Å². The normalized spacial score (nSPS) is 22.8. The molecule has 0 amide bonds. The van der Waals surface area contributed by atoms with Gasteiger partial charge in [0, 0.05) is 44.5 Å². The van der Waals surface area contributed by atoms with Crippen molar-refractivity contribution in [1.82, 2.24) is 15.5 Å². The van der Waals surface area contributed by atoms with Crippen molar-refractivity contribution in [1.29, 1.82) is 0 Å². The highest BCUT2D eigenvalue weighted by Gasteiger charge is 2.29. The van der Waals surface area contributed by atoms with Crippen LogP contribution in [0.4, 0.5) is 0 Å². The Morgan fingerprint density at radius 3 is 2.82 bits per heavy atom. The second kappa shape index (κ2) is 9.06. The maximum atomic E-state index is 4.32. The highest BCUT2D eigenvalue weighted by atomic mass is 32.2. The number of aliphatic imine (C=N–C) groups is 1. The molecule has 1 aromatic rings. The first kappa shape index (κ1) is 17.2. The first-order valence-electron chi connectivity index (χ1n) is 7.97. The quantitative estimate of drug-likeness (QED) is 0.479. The number of nitrogens with zero attached hydrogens (tertiary/aromatic N) is 2. The van der Waals surface area contributed by atoms with Crippen LogP contribution in [0.5, 0.6) is 0 Å². The Bertz CT molecular complexity index is 463. The smallest absolute Gasteiger partial charge is 0.191 e. The third kappa shape index (κ3) is 5.21. The third-order valence-electron chi connectivity index (χ3n) is 4.10. The fourth-order valence-electron chi connectivity index (χ4n) is 2.90. The summed E-state index contributed by atoms with van der Waals surface area (Å²) >= 11 is 1.85. The van der Waals surface area contributed by atoms with Crippen LogP contribution >= 0.6 is 11.8 Å². The summed E-state index contributed by atoms with van der Waals surface area (Å²) in [7, 11) is 1.84. The maximum Gasteiger partial charge on any atom is 0.191 e. The summed E-state index contributed by atoms with van der Waals surface area (Å²) in [6.45, 7) is 5.36.